The molecule has 0 spiro atoms. The van der Waals surface area contributed by atoms with Gasteiger partial charge in [0.15, 0.2) is 0 Å². The maximum Gasteiger partial charge on any atom is 0.307 e. The summed E-state index contributed by atoms with van der Waals surface area (Å²) in [6, 6.07) is 1.71. The maximum absolute atomic E-state index is 12.1. The number of carboxylic acid groups (broad SMARTS) is 1. The van der Waals surface area contributed by atoms with Crippen LogP contribution in [0.2, 0.25) is 0 Å². The number of carbonyl (C=O) groups is 2. The molecule has 18 heavy (non-hydrogen) atoms. The summed E-state index contributed by atoms with van der Waals surface area (Å²) in [7, 11) is 0. The van der Waals surface area contributed by atoms with Gasteiger partial charge in [0.05, 0.1) is 11.8 Å². The Hall–Kier alpha value is -1.91. The number of nitrogens with one attached hydrogen (secondary N) is 1. The van der Waals surface area contributed by atoms with Gasteiger partial charge in [0.25, 0.3) is 0 Å². The molecule has 1 aliphatic carbocycles. The highest BCUT2D eigenvalue weighted by atomic mass is 16.4. The smallest absolute Gasteiger partial charge is 0.307 e. The number of carboxylic acids is 1. The van der Waals surface area contributed by atoms with E-state index in [1.807, 2.05) is 6.92 Å². The van der Waals surface area contributed by atoms with Gasteiger partial charge in [0.1, 0.15) is 0 Å². The molecule has 1 aliphatic rings. The van der Waals surface area contributed by atoms with Crippen molar-refractivity contribution in [3.63, 3.8) is 0 Å². The summed E-state index contributed by atoms with van der Waals surface area (Å²) in [6.07, 6.45) is 3.25. The third-order valence-corrected chi connectivity index (χ3v) is 3.65. The molecule has 1 amide bonds. The fourth-order valence-electron chi connectivity index (χ4n) is 2.41. The molecular weight excluding hydrogens is 232 g/mol. The Balaban J connectivity index is 2.11. The van der Waals surface area contributed by atoms with Crippen LogP contribution in [-0.4, -0.2) is 22.0 Å². The van der Waals surface area contributed by atoms with Crippen LogP contribution in [0.4, 0.5) is 5.69 Å². The number of hydrogen-bond donors (Lipinski definition) is 2. The SMILES string of the molecule is Cc1cnccc1NC(=O)C1C(C(=O)O)C1(C)C. The number of hydrogen-bond acceptors (Lipinski definition) is 3. The Morgan fingerprint density at radius 3 is 2.56 bits per heavy atom. The molecule has 2 atom stereocenters. The third kappa shape index (κ3) is 1.96. The van der Waals surface area contributed by atoms with E-state index in [-0.39, 0.29) is 5.91 Å². The zero-order valence-electron chi connectivity index (χ0n) is 10.6. The zero-order valence-corrected chi connectivity index (χ0v) is 10.6. The molecular formula is C13H16N2O3. The van der Waals surface area contributed by atoms with Gasteiger partial charge in [-0.3, -0.25) is 14.6 Å². The van der Waals surface area contributed by atoms with Gasteiger partial charge >= 0.3 is 5.97 Å². The molecule has 2 rings (SSSR count). The van der Waals surface area contributed by atoms with Crippen LogP contribution in [0.3, 0.4) is 0 Å². The normalized spacial score (nSPS) is 24.4. The molecule has 5 heteroatoms. The van der Waals surface area contributed by atoms with E-state index in [4.69, 9.17) is 5.11 Å². The summed E-state index contributed by atoms with van der Waals surface area (Å²) in [5.74, 6) is -2.21. The molecule has 1 aromatic heterocycles. The lowest BCUT2D eigenvalue weighted by Crippen LogP contribution is -2.18. The van der Waals surface area contributed by atoms with Crippen LogP contribution in [0, 0.1) is 24.2 Å². The van der Waals surface area contributed by atoms with Crippen LogP contribution in [0.1, 0.15) is 19.4 Å². The van der Waals surface area contributed by atoms with E-state index in [1.54, 1.807) is 32.3 Å². The van der Waals surface area contributed by atoms with E-state index in [9.17, 15) is 9.59 Å². The van der Waals surface area contributed by atoms with Gasteiger partial charge in [-0.1, -0.05) is 13.8 Å². The number of nitrogens with zero attached hydrogens (tertiary/aromatic N) is 1. The van der Waals surface area contributed by atoms with Crippen LogP contribution < -0.4 is 5.32 Å². The molecule has 1 fully saturated rings. The fourth-order valence-corrected chi connectivity index (χ4v) is 2.41. The molecule has 5 nitrogen and oxygen atoms in total. The first kappa shape index (κ1) is 12.5. The summed E-state index contributed by atoms with van der Waals surface area (Å²) in [6.45, 7) is 5.44. The van der Waals surface area contributed by atoms with Crippen molar-refractivity contribution in [3.8, 4) is 0 Å². The molecule has 2 N–H and O–H groups in total. The van der Waals surface area contributed by atoms with E-state index in [0.29, 0.717) is 5.69 Å². The lowest BCUT2D eigenvalue weighted by Gasteiger charge is -2.08. The summed E-state index contributed by atoms with van der Waals surface area (Å²) in [5, 5.41) is 11.8. The summed E-state index contributed by atoms with van der Waals surface area (Å²) < 4.78 is 0. The molecule has 0 bridgehead atoms. The van der Waals surface area contributed by atoms with Gasteiger partial charge < -0.3 is 10.4 Å². The number of anilines is 1. The minimum absolute atomic E-state index is 0.235. The van der Waals surface area contributed by atoms with Gasteiger partial charge in [0, 0.05) is 18.1 Å². The minimum Gasteiger partial charge on any atom is -0.481 e. The van der Waals surface area contributed by atoms with Gasteiger partial charge in [-0.25, -0.2) is 0 Å². The molecule has 2 unspecified atom stereocenters. The first-order valence-corrected chi connectivity index (χ1v) is 5.80. The number of amides is 1. The van der Waals surface area contributed by atoms with Crippen molar-refractivity contribution in [1.29, 1.82) is 0 Å². The van der Waals surface area contributed by atoms with Gasteiger partial charge in [-0.2, -0.15) is 0 Å². The van der Waals surface area contributed by atoms with E-state index < -0.39 is 23.2 Å². The summed E-state index contributed by atoms with van der Waals surface area (Å²) in [5.41, 5.74) is 1.06. The number of aryl methyl sites for hydroxylation is 1. The molecule has 0 aromatic carbocycles. The number of aromatic nitrogens is 1. The summed E-state index contributed by atoms with van der Waals surface area (Å²) >= 11 is 0. The molecule has 0 radical (unpaired) electrons. The van der Waals surface area contributed by atoms with Crippen LogP contribution in [0.15, 0.2) is 18.5 Å². The topological polar surface area (TPSA) is 79.3 Å². The lowest BCUT2D eigenvalue weighted by atomic mass is 10.1. The maximum atomic E-state index is 12.1. The second-order valence-electron chi connectivity index (χ2n) is 5.29. The number of aliphatic carboxylic acids is 1. The summed E-state index contributed by atoms with van der Waals surface area (Å²) in [4.78, 5) is 27.0. The Morgan fingerprint density at radius 1 is 1.39 bits per heavy atom. The fraction of sp³-hybridized carbons (Fsp3) is 0.462. The van der Waals surface area contributed by atoms with Crippen molar-refractivity contribution in [1.82, 2.24) is 4.98 Å². The van der Waals surface area contributed by atoms with Crippen molar-refractivity contribution in [3.05, 3.63) is 24.0 Å². The Kier molecular flexibility index (Phi) is 2.84. The molecule has 1 heterocycles. The molecule has 1 saturated carbocycles. The number of rotatable bonds is 3. The average molecular weight is 248 g/mol. The predicted octanol–water partition coefficient (Wildman–Crippen LogP) is 1.69. The van der Waals surface area contributed by atoms with E-state index in [2.05, 4.69) is 10.3 Å². The second-order valence-corrected chi connectivity index (χ2v) is 5.29. The molecule has 0 aliphatic heterocycles. The minimum atomic E-state index is -0.911. The van der Waals surface area contributed by atoms with Crippen LogP contribution in [0.5, 0.6) is 0 Å². The first-order valence-electron chi connectivity index (χ1n) is 5.80. The zero-order chi connectivity index (χ0) is 13.5. The Bertz CT molecular complexity index is 511. The van der Waals surface area contributed by atoms with Crippen molar-refractivity contribution in [2.24, 2.45) is 17.3 Å². The van der Waals surface area contributed by atoms with E-state index in [1.165, 1.54) is 0 Å². The van der Waals surface area contributed by atoms with Crippen LogP contribution in [0.25, 0.3) is 0 Å². The Labute approximate surface area is 105 Å². The predicted molar refractivity (Wildman–Crippen MR) is 66.0 cm³/mol. The average Bonchev–Trinajstić information content (AvgIpc) is 2.85. The number of pyridine rings is 1. The monoisotopic (exact) mass is 248 g/mol. The van der Waals surface area contributed by atoms with E-state index >= 15 is 0 Å². The largest absolute Gasteiger partial charge is 0.481 e. The van der Waals surface area contributed by atoms with Crippen molar-refractivity contribution in [2.75, 3.05) is 5.32 Å². The van der Waals surface area contributed by atoms with Crippen LogP contribution >= 0.6 is 0 Å². The highest BCUT2D eigenvalue weighted by molar-refractivity contribution is 6.00. The highest BCUT2D eigenvalue weighted by Crippen LogP contribution is 2.58. The van der Waals surface area contributed by atoms with Crippen molar-refractivity contribution in [2.45, 2.75) is 20.8 Å². The van der Waals surface area contributed by atoms with Crippen molar-refractivity contribution >= 4 is 17.6 Å². The van der Waals surface area contributed by atoms with E-state index in [0.717, 1.165) is 5.56 Å². The van der Waals surface area contributed by atoms with Crippen LogP contribution in [-0.2, 0) is 9.59 Å². The highest BCUT2D eigenvalue weighted by Gasteiger charge is 2.65. The van der Waals surface area contributed by atoms with Gasteiger partial charge in [0.2, 0.25) is 5.91 Å². The third-order valence-electron chi connectivity index (χ3n) is 3.65. The van der Waals surface area contributed by atoms with Gasteiger partial charge in [-0.05, 0) is 24.0 Å². The lowest BCUT2D eigenvalue weighted by molar-refractivity contribution is -0.140. The Morgan fingerprint density at radius 2 is 2.06 bits per heavy atom. The quantitative estimate of drug-likeness (QED) is 0.853. The molecule has 0 saturated heterocycles. The first-order chi connectivity index (χ1) is 8.35. The second kappa shape index (κ2) is 4.08. The molecule has 1 aromatic rings. The molecule has 96 valence electrons. The van der Waals surface area contributed by atoms with Gasteiger partial charge in [-0.15, -0.1) is 0 Å². The number of carbonyl (C=O) groups excluding carboxylic acids is 1. The standard InChI is InChI=1S/C13H16N2O3/c1-7-6-14-5-4-8(7)15-11(16)9-10(12(17)18)13(9,2)3/h4-6,9-10H,1-3H3,(H,17,18)(H,14,15,16). The van der Waals surface area contributed by atoms with Crippen molar-refractivity contribution < 1.29 is 14.7 Å².